The minimum atomic E-state index is -0.278. The second-order valence-corrected chi connectivity index (χ2v) is 8.90. The molecule has 0 bridgehead atoms. The van der Waals surface area contributed by atoms with Crippen molar-refractivity contribution in [2.24, 2.45) is 10.9 Å². The highest BCUT2D eigenvalue weighted by Gasteiger charge is 2.19. The minimum Gasteiger partial charge on any atom is -0.371 e. The van der Waals surface area contributed by atoms with Crippen LogP contribution in [0.4, 0.5) is 9.52 Å². The second kappa shape index (κ2) is 9.05. The number of hydrogen-bond donors (Lipinski definition) is 0. The maximum atomic E-state index is 13.9. The Morgan fingerprint density at radius 1 is 1.32 bits per heavy atom. The molecule has 31 heavy (non-hydrogen) atoms. The summed E-state index contributed by atoms with van der Waals surface area (Å²) in [6.07, 6.45) is 6.49. The van der Waals surface area contributed by atoms with Crippen LogP contribution in [0.15, 0.2) is 41.7 Å². The minimum absolute atomic E-state index is 0.00556. The van der Waals surface area contributed by atoms with Gasteiger partial charge in [0.25, 0.3) is 0 Å². The lowest BCUT2D eigenvalue weighted by Gasteiger charge is -2.19. The van der Waals surface area contributed by atoms with Gasteiger partial charge in [0.05, 0.1) is 17.9 Å². The van der Waals surface area contributed by atoms with Crippen molar-refractivity contribution >= 4 is 22.2 Å². The van der Waals surface area contributed by atoms with Crippen LogP contribution in [-0.4, -0.2) is 42.1 Å². The molecular formula is C22H26FN7S. The van der Waals surface area contributed by atoms with Crippen molar-refractivity contribution in [2.45, 2.75) is 46.7 Å². The van der Waals surface area contributed by atoms with E-state index in [1.807, 2.05) is 30.8 Å². The molecule has 7 nitrogen and oxygen atoms in total. The normalized spacial score (nSPS) is 19.1. The zero-order chi connectivity index (χ0) is 22.0. The summed E-state index contributed by atoms with van der Waals surface area (Å²) in [5, 5.41) is 14.7. The van der Waals surface area contributed by atoms with Crippen molar-refractivity contribution in [3.8, 4) is 0 Å². The highest BCUT2D eigenvalue weighted by Crippen LogP contribution is 2.28. The fourth-order valence-corrected chi connectivity index (χ4v) is 4.40. The monoisotopic (exact) mass is 439 g/mol. The summed E-state index contributed by atoms with van der Waals surface area (Å²) in [5.74, 6) is -0.0178. The summed E-state index contributed by atoms with van der Waals surface area (Å²) in [4.78, 5) is 11.0. The van der Waals surface area contributed by atoms with Gasteiger partial charge >= 0.3 is 0 Å². The first-order valence-electron chi connectivity index (χ1n) is 10.4. The van der Waals surface area contributed by atoms with Gasteiger partial charge in [-0.25, -0.2) is 9.38 Å². The van der Waals surface area contributed by atoms with E-state index in [0.29, 0.717) is 17.4 Å². The van der Waals surface area contributed by atoms with Crippen LogP contribution >= 0.6 is 11.3 Å². The number of allylic oxidation sites excluding steroid dienone is 1. The molecule has 3 aromatic heterocycles. The summed E-state index contributed by atoms with van der Waals surface area (Å²) >= 11 is 1.48. The highest BCUT2D eigenvalue weighted by atomic mass is 32.1. The van der Waals surface area contributed by atoms with E-state index in [4.69, 9.17) is 4.99 Å². The first-order valence-corrected chi connectivity index (χ1v) is 11.2. The fraction of sp³-hybridized carbons (Fsp3) is 0.409. The highest BCUT2D eigenvalue weighted by molar-refractivity contribution is 7.15. The first-order chi connectivity index (χ1) is 14.9. The Labute approximate surface area is 185 Å². The Kier molecular flexibility index (Phi) is 6.22. The lowest BCUT2D eigenvalue weighted by Crippen LogP contribution is -2.20. The molecule has 4 rings (SSSR count). The van der Waals surface area contributed by atoms with Gasteiger partial charge in [0.1, 0.15) is 16.9 Å². The molecule has 0 saturated heterocycles. The van der Waals surface area contributed by atoms with Crippen molar-refractivity contribution < 1.29 is 4.39 Å². The summed E-state index contributed by atoms with van der Waals surface area (Å²) in [6, 6.07) is 5.11. The fourth-order valence-electron chi connectivity index (χ4n) is 3.63. The molecule has 0 amide bonds. The van der Waals surface area contributed by atoms with Gasteiger partial charge in [-0.2, -0.15) is 5.10 Å². The average molecular weight is 440 g/mol. The number of rotatable bonds is 5. The standard InChI is InChI=1S/C22H26FN7S/c1-14-7-10-29(13-20-18(23)6-5-9-24-20)11-8-19(14)25-22-27-26-21(31-22)17(4)30-16(3)12-15(2)28-30/h5-6,8-9,11-12,14,17H,7,10,13H2,1-4H3. The van der Waals surface area contributed by atoms with Gasteiger partial charge in [0.15, 0.2) is 0 Å². The van der Waals surface area contributed by atoms with Crippen LogP contribution in [-0.2, 0) is 6.54 Å². The van der Waals surface area contributed by atoms with Gasteiger partial charge in [-0.15, -0.1) is 10.2 Å². The number of pyridine rings is 1. The Hall–Kier alpha value is -2.94. The molecule has 1 aliphatic rings. The average Bonchev–Trinajstić information content (AvgIpc) is 3.30. The van der Waals surface area contributed by atoms with E-state index in [1.54, 1.807) is 12.3 Å². The quantitative estimate of drug-likeness (QED) is 0.580. The topological polar surface area (TPSA) is 72.1 Å². The largest absolute Gasteiger partial charge is 0.371 e. The van der Waals surface area contributed by atoms with E-state index >= 15 is 0 Å². The molecule has 0 radical (unpaired) electrons. The van der Waals surface area contributed by atoms with Gasteiger partial charge in [0.2, 0.25) is 5.13 Å². The van der Waals surface area contributed by atoms with Gasteiger partial charge in [0, 0.05) is 36.3 Å². The zero-order valence-electron chi connectivity index (χ0n) is 18.2. The predicted octanol–water partition coefficient (Wildman–Crippen LogP) is 4.62. The molecule has 3 aromatic rings. The zero-order valence-corrected chi connectivity index (χ0v) is 19.0. The smallest absolute Gasteiger partial charge is 0.231 e. The van der Waals surface area contributed by atoms with Gasteiger partial charge < -0.3 is 4.90 Å². The summed E-state index contributed by atoms with van der Waals surface area (Å²) in [5.41, 5.74) is 3.48. The van der Waals surface area contributed by atoms with Crippen molar-refractivity contribution in [3.63, 3.8) is 0 Å². The number of halogens is 1. The third kappa shape index (κ3) is 4.87. The maximum Gasteiger partial charge on any atom is 0.231 e. The molecule has 0 aliphatic carbocycles. The van der Waals surface area contributed by atoms with Crippen molar-refractivity contribution in [1.82, 2.24) is 29.9 Å². The summed E-state index contributed by atoms with van der Waals surface area (Å²) in [6.45, 7) is 9.49. The van der Waals surface area contributed by atoms with Crippen LogP contribution in [0.5, 0.6) is 0 Å². The van der Waals surface area contributed by atoms with Crippen LogP contribution in [0.1, 0.15) is 48.4 Å². The van der Waals surface area contributed by atoms with E-state index < -0.39 is 0 Å². The van der Waals surface area contributed by atoms with Gasteiger partial charge in [-0.3, -0.25) is 9.67 Å². The molecule has 0 N–H and O–H groups in total. The molecule has 9 heteroatoms. The predicted molar refractivity (Wildman–Crippen MR) is 120 cm³/mol. The van der Waals surface area contributed by atoms with E-state index in [2.05, 4.69) is 45.1 Å². The van der Waals surface area contributed by atoms with Crippen molar-refractivity contribution in [1.29, 1.82) is 0 Å². The summed E-state index contributed by atoms with van der Waals surface area (Å²) in [7, 11) is 0. The molecule has 0 saturated carbocycles. The molecule has 1 aliphatic heterocycles. The lowest BCUT2D eigenvalue weighted by molar-refractivity contribution is 0.345. The van der Waals surface area contributed by atoms with E-state index in [1.165, 1.54) is 17.4 Å². The molecule has 2 unspecified atom stereocenters. The Balaban J connectivity index is 1.50. The maximum absolute atomic E-state index is 13.9. The van der Waals surface area contributed by atoms with Crippen LogP contribution < -0.4 is 0 Å². The Morgan fingerprint density at radius 2 is 2.16 bits per heavy atom. The van der Waals surface area contributed by atoms with Crippen LogP contribution in [0.2, 0.25) is 0 Å². The van der Waals surface area contributed by atoms with Crippen LogP contribution in [0, 0.1) is 25.6 Å². The second-order valence-electron chi connectivity index (χ2n) is 7.92. The van der Waals surface area contributed by atoms with Crippen molar-refractivity contribution in [3.05, 3.63) is 64.6 Å². The number of hydrogen-bond acceptors (Lipinski definition) is 7. The molecule has 2 atom stereocenters. The first kappa shape index (κ1) is 21.3. The van der Waals surface area contributed by atoms with Gasteiger partial charge in [-0.1, -0.05) is 18.3 Å². The van der Waals surface area contributed by atoms with Crippen molar-refractivity contribution in [2.75, 3.05) is 6.54 Å². The number of aromatic nitrogens is 5. The molecule has 0 fully saturated rings. The molecular weight excluding hydrogens is 413 g/mol. The van der Waals surface area contributed by atoms with E-state index in [9.17, 15) is 4.39 Å². The molecule has 0 spiro atoms. The van der Waals surface area contributed by atoms with E-state index in [-0.39, 0.29) is 17.8 Å². The number of nitrogens with zero attached hydrogens (tertiary/aromatic N) is 7. The summed E-state index contributed by atoms with van der Waals surface area (Å²) < 4.78 is 15.9. The third-order valence-corrected chi connectivity index (χ3v) is 6.41. The Bertz CT molecular complexity index is 1120. The van der Waals surface area contributed by atoms with Crippen LogP contribution in [0.25, 0.3) is 0 Å². The molecule has 162 valence electrons. The number of aryl methyl sites for hydroxylation is 2. The Morgan fingerprint density at radius 3 is 2.90 bits per heavy atom. The van der Waals surface area contributed by atoms with Crippen LogP contribution in [0.3, 0.4) is 0 Å². The van der Waals surface area contributed by atoms with Gasteiger partial charge in [-0.05, 0) is 51.5 Å². The SMILES string of the molecule is Cc1cc(C)n(C(C)c2nnc(N=C3C=CN(Cc4ncccc4F)CCC3C)s2)n1. The molecule has 0 aromatic carbocycles. The molecule has 4 heterocycles. The third-order valence-electron chi connectivity index (χ3n) is 5.42. The lowest BCUT2D eigenvalue weighted by atomic mass is 10.0. The van der Waals surface area contributed by atoms with E-state index in [0.717, 1.165) is 35.1 Å². The number of aliphatic imine (C=N–C) groups is 1.